The first-order valence-corrected chi connectivity index (χ1v) is 5.69. The van der Waals surface area contributed by atoms with Crippen molar-refractivity contribution >= 4 is 11.3 Å². The van der Waals surface area contributed by atoms with Gasteiger partial charge in [-0.1, -0.05) is 25.1 Å². The Morgan fingerprint density at radius 1 is 1.47 bits per heavy atom. The number of hydrogen-bond donors (Lipinski definition) is 1. The summed E-state index contributed by atoms with van der Waals surface area (Å²) in [6.07, 6.45) is 0. The number of aromatic nitrogens is 2. The molecule has 1 atom stereocenters. The lowest BCUT2D eigenvalue weighted by Crippen LogP contribution is -2.16. The SMILES string of the molecule is CC(C)[C@H](N)c1nc(-c2cccs2)no1. The number of nitrogens with zero attached hydrogens (tertiary/aromatic N) is 2. The summed E-state index contributed by atoms with van der Waals surface area (Å²) in [5.74, 6) is 1.42. The van der Waals surface area contributed by atoms with Crippen molar-refractivity contribution in [3.63, 3.8) is 0 Å². The van der Waals surface area contributed by atoms with Crippen LogP contribution in [0.15, 0.2) is 22.0 Å². The molecule has 0 bridgehead atoms. The smallest absolute Gasteiger partial charge is 0.244 e. The van der Waals surface area contributed by atoms with E-state index in [1.165, 1.54) is 0 Å². The summed E-state index contributed by atoms with van der Waals surface area (Å²) in [4.78, 5) is 5.28. The van der Waals surface area contributed by atoms with E-state index < -0.39 is 0 Å². The number of nitrogens with two attached hydrogens (primary N) is 1. The van der Waals surface area contributed by atoms with Gasteiger partial charge < -0.3 is 10.3 Å². The fraction of sp³-hybridized carbons (Fsp3) is 0.400. The summed E-state index contributed by atoms with van der Waals surface area (Å²) in [6.45, 7) is 4.05. The van der Waals surface area contributed by atoms with Crippen molar-refractivity contribution in [1.82, 2.24) is 10.1 Å². The predicted molar refractivity (Wildman–Crippen MR) is 59.4 cm³/mol. The molecule has 2 heterocycles. The molecule has 0 saturated heterocycles. The summed E-state index contributed by atoms with van der Waals surface area (Å²) in [5, 5.41) is 5.89. The zero-order chi connectivity index (χ0) is 10.8. The van der Waals surface area contributed by atoms with Crippen LogP contribution >= 0.6 is 11.3 Å². The number of hydrogen-bond acceptors (Lipinski definition) is 5. The van der Waals surface area contributed by atoms with Gasteiger partial charge in [0.05, 0.1) is 10.9 Å². The molecule has 2 aromatic heterocycles. The van der Waals surface area contributed by atoms with E-state index in [2.05, 4.69) is 10.1 Å². The van der Waals surface area contributed by atoms with Gasteiger partial charge >= 0.3 is 0 Å². The van der Waals surface area contributed by atoms with E-state index in [9.17, 15) is 0 Å². The third-order valence-corrected chi connectivity index (χ3v) is 3.05. The van der Waals surface area contributed by atoms with Gasteiger partial charge in [-0.25, -0.2) is 0 Å². The molecule has 0 saturated carbocycles. The van der Waals surface area contributed by atoms with E-state index in [-0.39, 0.29) is 6.04 Å². The Labute approximate surface area is 92.1 Å². The van der Waals surface area contributed by atoms with Crippen LogP contribution in [-0.4, -0.2) is 10.1 Å². The highest BCUT2D eigenvalue weighted by Gasteiger charge is 2.18. The molecule has 0 spiro atoms. The topological polar surface area (TPSA) is 64.9 Å². The van der Waals surface area contributed by atoms with Gasteiger partial charge in [-0.15, -0.1) is 11.3 Å². The van der Waals surface area contributed by atoms with Gasteiger partial charge in [0.2, 0.25) is 11.7 Å². The molecule has 0 fully saturated rings. The Kier molecular flexibility index (Phi) is 2.83. The maximum Gasteiger partial charge on any atom is 0.244 e. The lowest BCUT2D eigenvalue weighted by molar-refractivity contribution is 0.325. The van der Waals surface area contributed by atoms with E-state index in [0.717, 1.165) is 4.88 Å². The molecule has 15 heavy (non-hydrogen) atoms. The van der Waals surface area contributed by atoms with Crippen LogP contribution in [-0.2, 0) is 0 Å². The fourth-order valence-corrected chi connectivity index (χ4v) is 1.81. The molecule has 2 aromatic rings. The van der Waals surface area contributed by atoms with Crippen LogP contribution in [0.2, 0.25) is 0 Å². The zero-order valence-electron chi connectivity index (χ0n) is 8.68. The van der Waals surface area contributed by atoms with Crippen LogP contribution in [0.5, 0.6) is 0 Å². The number of thiophene rings is 1. The minimum Gasteiger partial charge on any atom is -0.337 e. The molecule has 0 unspecified atom stereocenters. The second-order valence-electron chi connectivity index (χ2n) is 3.70. The maximum atomic E-state index is 5.91. The van der Waals surface area contributed by atoms with E-state index in [4.69, 9.17) is 10.3 Å². The average Bonchev–Trinajstić information content (AvgIpc) is 2.86. The van der Waals surface area contributed by atoms with Gasteiger partial charge in [-0.05, 0) is 17.4 Å². The van der Waals surface area contributed by atoms with Gasteiger partial charge in [-0.3, -0.25) is 0 Å². The first-order valence-electron chi connectivity index (χ1n) is 4.81. The lowest BCUT2D eigenvalue weighted by Gasteiger charge is -2.08. The largest absolute Gasteiger partial charge is 0.337 e. The second kappa shape index (κ2) is 4.12. The van der Waals surface area contributed by atoms with Crippen molar-refractivity contribution in [2.75, 3.05) is 0 Å². The van der Waals surface area contributed by atoms with Crippen LogP contribution in [0.1, 0.15) is 25.8 Å². The van der Waals surface area contributed by atoms with E-state index in [1.807, 2.05) is 31.4 Å². The zero-order valence-corrected chi connectivity index (χ0v) is 9.49. The van der Waals surface area contributed by atoms with Crippen LogP contribution in [0.4, 0.5) is 0 Å². The van der Waals surface area contributed by atoms with E-state index >= 15 is 0 Å². The van der Waals surface area contributed by atoms with Crippen molar-refractivity contribution in [2.24, 2.45) is 11.7 Å². The molecule has 0 amide bonds. The molecule has 0 aliphatic carbocycles. The molecule has 0 aliphatic rings. The molecule has 0 radical (unpaired) electrons. The Morgan fingerprint density at radius 2 is 2.27 bits per heavy atom. The van der Waals surface area contributed by atoms with Crippen LogP contribution < -0.4 is 5.73 Å². The molecule has 4 nitrogen and oxygen atoms in total. The average molecular weight is 223 g/mol. The highest BCUT2D eigenvalue weighted by atomic mass is 32.1. The van der Waals surface area contributed by atoms with Crippen molar-refractivity contribution in [3.8, 4) is 10.7 Å². The Balaban J connectivity index is 2.25. The molecule has 2 N–H and O–H groups in total. The van der Waals surface area contributed by atoms with Crippen molar-refractivity contribution < 1.29 is 4.52 Å². The summed E-state index contributed by atoms with van der Waals surface area (Å²) < 4.78 is 5.13. The van der Waals surface area contributed by atoms with Crippen LogP contribution in [0.25, 0.3) is 10.7 Å². The van der Waals surface area contributed by atoms with Crippen LogP contribution in [0, 0.1) is 5.92 Å². The van der Waals surface area contributed by atoms with E-state index in [0.29, 0.717) is 17.6 Å². The fourth-order valence-electron chi connectivity index (χ4n) is 1.16. The van der Waals surface area contributed by atoms with Gasteiger partial charge in [0.1, 0.15) is 0 Å². The third-order valence-electron chi connectivity index (χ3n) is 2.19. The minimum atomic E-state index is -0.189. The van der Waals surface area contributed by atoms with Crippen molar-refractivity contribution in [2.45, 2.75) is 19.9 Å². The third kappa shape index (κ3) is 2.08. The van der Waals surface area contributed by atoms with Gasteiger partial charge in [0.15, 0.2) is 0 Å². The first-order chi connectivity index (χ1) is 7.18. The van der Waals surface area contributed by atoms with Crippen molar-refractivity contribution in [1.29, 1.82) is 0 Å². The molecule has 0 aromatic carbocycles. The normalized spacial score (nSPS) is 13.3. The summed E-state index contributed by atoms with van der Waals surface area (Å²) >= 11 is 1.58. The first kappa shape index (κ1) is 10.3. The van der Waals surface area contributed by atoms with E-state index in [1.54, 1.807) is 11.3 Å². The molecule has 2 rings (SSSR count). The second-order valence-corrected chi connectivity index (χ2v) is 4.65. The highest BCUT2D eigenvalue weighted by Crippen LogP contribution is 2.24. The Hall–Kier alpha value is -1.20. The van der Waals surface area contributed by atoms with Gasteiger partial charge in [0.25, 0.3) is 0 Å². The summed E-state index contributed by atoms with van der Waals surface area (Å²) in [5.41, 5.74) is 5.91. The molecule has 0 aliphatic heterocycles. The minimum absolute atomic E-state index is 0.189. The Bertz CT molecular complexity index is 422. The molecular formula is C10H13N3OS. The predicted octanol–water partition coefficient (Wildman–Crippen LogP) is 2.45. The Morgan fingerprint density at radius 3 is 2.87 bits per heavy atom. The lowest BCUT2D eigenvalue weighted by atomic mass is 10.1. The quantitative estimate of drug-likeness (QED) is 0.868. The van der Waals surface area contributed by atoms with Crippen LogP contribution in [0.3, 0.4) is 0 Å². The maximum absolute atomic E-state index is 5.91. The van der Waals surface area contributed by atoms with Gasteiger partial charge in [-0.2, -0.15) is 4.98 Å². The number of rotatable bonds is 3. The molecule has 80 valence electrons. The highest BCUT2D eigenvalue weighted by molar-refractivity contribution is 7.13. The van der Waals surface area contributed by atoms with Gasteiger partial charge in [0, 0.05) is 0 Å². The monoisotopic (exact) mass is 223 g/mol. The molecular weight excluding hydrogens is 210 g/mol. The standard InChI is InChI=1S/C10H13N3OS/c1-6(2)8(11)10-12-9(13-14-10)7-4-3-5-15-7/h3-6,8H,11H2,1-2H3/t8-/m0/s1. The van der Waals surface area contributed by atoms with Crippen molar-refractivity contribution in [3.05, 3.63) is 23.4 Å². The molecule has 5 heteroatoms. The summed E-state index contributed by atoms with van der Waals surface area (Å²) in [6, 6.07) is 3.73. The summed E-state index contributed by atoms with van der Waals surface area (Å²) in [7, 11) is 0.